The Morgan fingerprint density at radius 2 is 1.68 bits per heavy atom. The molecule has 1 heterocycles. The lowest BCUT2D eigenvalue weighted by molar-refractivity contribution is -0.116. The maximum absolute atomic E-state index is 12.1. The Hall–Kier alpha value is -2.53. The van der Waals surface area contributed by atoms with Crippen molar-refractivity contribution in [3.63, 3.8) is 0 Å². The molecule has 0 atom stereocenters. The van der Waals surface area contributed by atoms with E-state index in [1.54, 1.807) is 7.11 Å². The van der Waals surface area contributed by atoms with E-state index in [1.165, 1.54) is 30.5 Å². The molecule has 0 aromatic heterocycles. The molecule has 2 aromatic rings. The minimum Gasteiger partial charge on any atom is -0.497 e. The van der Waals surface area contributed by atoms with E-state index in [0.717, 1.165) is 37.5 Å². The Bertz CT molecular complexity index is 723. The highest BCUT2D eigenvalue weighted by molar-refractivity contribution is 5.91. The third kappa shape index (κ3) is 6.27. The molecule has 5 nitrogen and oxygen atoms in total. The second-order valence-electron chi connectivity index (χ2n) is 7.24. The lowest BCUT2D eigenvalue weighted by Gasteiger charge is -2.28. The Labute approximate surface area is 168 Å². The maximum atomic E-state index is 12.1. The first-order chi connectivity index (χ1) is 13.7. The summed E-state index contributed by atoms with van der Waals surface area (Å²) >= 11 is 0. The van der Waals surface area contributed by atoms with Gasteiger partial charge in [0.15, 0.2) is 0 Å². The number of benzene rings is 2. The molecule has 3 rings (SSSR count). The Morgan fingerprint density at radius 3 is 2.36 bits per heavy atom. The van der Waals surface area contributed by atoms with Crippen LogP contribution in [0.2, 0.25) is 0 Å². The van der Waals surface area contributed by atoms with E-state index in [1.807, 2.05) is 24.3 Å². The normalized spacial score (nSPS) is 14.0. The highest BCUT2D eigenvalue weighted by atomic mass is 16.5. The van der Waals surface area contributed by atoms with Gasteiger partial charge in [0.25, 0.3) is 0 Å². The number of hydrogen-bond donors (Lipinski definition) is 2. The van der Waals surface area contributed by atoms with Crippen LogP contribution in [0.1, 0.15) is 31.2 Å². The van der Waals surface area contributed by atoms with E-state index in [-0.39, 0.29) is 5.91 Å². The second kappa shape index (κ2) is 10.7. The Balaban J connectivity index is 1.32. The smallest absolute Gasteiger partial charge is 0.225 e. The molecule has 2 N–H and O–H groups in total. The summed E-state index contributed by atoms with van der Waals surface area (Å²) in [6, 6.07) is 16.3. The summed E-state index contributed by atoms with van der Waals surface area (Å²) in [7, 11) is 1.67. The number of rotatable bonds is 9. The molecule has 1 fully saturated rings. The molecule has 0 spiro atoms. The summed E-state index contributed by atoms with van der Waals surface area (Å²) in [6.45, 7) is 3.79. The summed E-state index contributed by atoms with van der Waals surface area (Å²) < 4.78 is 5.16. The third-order valence-corrected chi connectivity index (χ3v) is 5.15. The number of hydrogen-bond acceptors (Lipinski definition) is 4. The van der Waals surface area contributed by atoms with E-state index >= 15 is 0 Å². The molecule has 0 bridgehead atoms. The van der Waals surface area contributed by atoms with Crippen LogP contribution in [0.5, 0.6) is 5.75 Å². The molecule has 0 saturated carbocycles. The van der Waals surface area contributed by atoms with Crippen LogP contribution in [0.3, 0.4) is 0 Å². The summed E-state index contributed by atoms with van der Waals surface area (Å²) in [4.78, 5) is 14.5. The molecule has 0 aliphatic carbocycles. The largest absolute Gasteiger partial charge is 0.497 e. The molecule has 0 unspecified atom stereocenters. The monoisotopic (exact) mass is 381 g/mol. The third-order valence-electron chi connectivity index (χ3n) is 5.15. The van der Waals surface area contributed by atoms with Crippen LogP contribution in [0, 0.1) is 0 Å². The van der Waals surface area contributed by atoms with Crippen LogP contribution in [0.15, 0.2) is 48.5 Å². The summed E-state index contributed by atoms with van der Waals surface area (Å²) in [5.41, 5.74) is 3.37. The summed E-state index contributed by atoms with van der Waals surface area (Å²) in [6.07, 6.45) is 5.27. The van der Waals surface area contributed by atoms with E-state index in [9.17, 15) is 4.79 Å². The highest BCUT2D eigenvalue weighted by Gasteiger charge is 2.10. The van der Waals surface area contributed by atoms with Crippen molar-refractivity contribution in [2.45, 2.75) is 32.1 Å². The van der Waals surface area contributed by atoms with Gasteiger partial charge in [0.05, 0.1) is 7.11 Å². The van der Waals surface area contributed by atoms with Crippen LogP contribution in [0.25, 0.3) is 0 Å². The van der Waals surface area contributed by atoms with E-state index < -0.39 is 0 Å². The maximum Gasteiger partial charge on any atom is 0.225 e. The molecule has 0 radical (unpaired) electrons. The SMILES string of the molecule is COc1ccc(CCNCCC(=O)Nc2ccc(N3CCCCC3)cc2)cc1. The van der Waals surface area contributed by atoms with Gasteiger partial charge in [-0.1, -0.05) is 12.1 Å². The van der Waals surface area contributed by atoms with Crippen molar-refractivity contribution in [3.8, 4) is 5.75 Å². The van der Waals surface area contributed by atoms with Gasteiger partial charge in [-0.05, 0) is 74.2 Å². The van der Waals surface area contributed by atoms with Gasteiger partial charge in [-0.15, -0.1) is 0 Å². The number of methoxy groups -OCH3 is 1. The fourth-order valence-electron chi connectivity index (χ4n) is 3.48. The van der Waals surface area contributed by atoms with E-state index in [4.69, 9.17) is 4.74 Å². The molecular formula is C23H31N3O2. The van der Waals surface area contributed by atoms with Crippen LogP contribution < -0.4 is 20.3 Å². The zero-order chi connectivity index (χ0) is 19.6. The lowest BCUT2D eigenvalue weighted by atomic mass is 10.1. The fraction of sp³-hybridized carbons (Fsp3) is 0.435. The number of piperidine rings is 1. The number of anilines is 2. The molecule has 1 aliphatic rings. The number of nitrogens with one attached hydrogen (secondary N) is 2. The first kappa shape index (κ1) is 20.2. The topological polar surface area (TPSA) is 53.6 Å². The highest BCUT2D eigenvalue weighted by Crippen LogP contribution is 2.21. The van der Waals surface area contributed by atoms with Crippen LogP contribution in [-0.4, -0.2) is 39.2 Å². The molecule has 150 valence electrons. The first-order valence-electron chi connectivity index (χ1n) is 10.2. The molecule has 28 heavy (non-hydrogen) atoms. The number of ether oxygens (including phenoxy) is 1. The first-order valence-corrected chi connectivity index (χ1v) is 10.2. The van der Waals surface area contributed by atoms with Crippen LogP contribution >= 0.6 is 0 Å². The van der Waals surface area contributed by atoms with E-state index in [2.05, 4.69) is 39.8 Å². The second-order valence-corrected chi connectivity index (χ2v) is 7.24. The van der Waals surface area contributed by atoms with Crippen molar-refractivity contribution in [1.82, 2.24) is 5.32 Å². The minimum absolute atomic E-state index is 0.0441. The number of nitrogens with zero attached hydrogens (tertiary/aromatic N) is 1. The van der Waals surface area contributed by atoms with Crippen molar-refractivity contribution in [2.24, 2.45) is 0 Å². The number of amides is 1. The van der Waals surface area contributed by atoms with E-state index in [0.29, 0.717) is 13.0 Å². The van der Waals surface area contributed by atoms with Crippen molar-refractivity contribution < 1.29 is 9.53 Å². The average molecular weight is 382 g/mol. The quantitative estimate of drug-likeness (QED) is 0.648. The average Bonchev–Trinajstić information content (AvgIpc) is 2.75. The van der Waals surface area contributed by atoms with Gasteiger partial charge in [-0.2, -0.15) is 0 Å². The van der Waals surface area contributed by atoms with Crippen molar-refractivity contribution in [3.05, 3.63) is 54.1 Å². The van der Waals surface area contributed by atoms with Crippen molar-refractivity contribution in [2.75, 3.05) is 43.5 Å². The van der Waals surface area contributed by atoms with Crippen LogP contribution in [-0.2, 0) is 11.2 Å². The summed E-state index contributed by atoms with van der Waals surface area (Å²) in [5.74, 6) is 0.917. The summed E-state index contributed by atoms with van der Waals surface area (Å²) in [5, 5.41) is 6.31. The van der Waals surface area contributed by atoms with Gasteiger partial charge in [-0.3, -0.25) is 4.79 Å². The molecule has 1 amide bonds. The zero-order valence-corrected chi connectivity index (χ0v) is 16.7. The standard InChI is InChI=1S/C23H31N3O2/c1-28-22-11-5-19(6-12-22)13-15-24-16-14-23(27)25-20-7-9-21(10-8-20)26-17-3-2-4-18-26/h5-12,24H,2-4,13-18H2,1H3,(H,25,27). The Morgan fingerprint density at radius 1 is 0.964 bits per heavy atom. The van der Waals surface area contributed by atoms with Gasteiger partial charge < -0.3 is 20.3 Å². The van der Waals surface area contributed by atoms with Gasteiger partial charge >= 0.3 is 0 Å². The van der Waals surface area contributed by atoms with Gasteiger partial charge in [0.2, 0.25) is 5.91 Å². The molecule has 2 aromatic carbocycles. The zero-order valence-electron chi connectivity index (χ0n) is 16.7. The Kier molecular flexibility index (Phi) is 7.73. The lowest BCUT2D eigenvalue weighted by Crippen LogP contribution is -2.29. The molecular weight excluding hydrogens is 350 g/mol. The molecule has 1 aliphatic heterocycles. The predicted molar refractivity (Wildman–Crippen MR) is 115 cm³/mol. The van der Waals surface area contributed by atoms with Gasteiger partial charge in [0.1, 0.15) is 5.75 Å². The number of carbonyl (C=O) groups is 1. The molecule has 1 saturated heterocycles. The van der Waals surface area contributed by atoms with Gasteiger partial charge in [0, 0.05) is 37.4 Å². The van der Waals surface area contributed by atoms with Crippen molar-refractivity contribution >= 4 is 17.3 Å². The molecule has 5 heteroatoms. The minimum atomic E-state index is 0.0441. The van der Waals surface area contributed by atoms with Crippen molar-refractivity contribution in [1.29, 1.82) is 0 Å². The fourth-order valence-corrected chi connectivity index (χ4v) is 3.48. The van der Waals surface area contributed by atoms with Gasteiger partial charge in [-0.25, -0.2) is 0 Å². The van der Waals surface area contributed by atoms with Crippen LogP contribution in [0.4, 0.5) is 11.4 Å². The predicted octanol–water partition coefficient (Wildman–Crippen LogP) is 3.85. The number of carbonyl (C=O) groups excluding carboxylic acids is 1.